The van der Waals surface area contributed by atoms with E-state index in [2.05, 4.69) is 4.98 Å². The van der Waals surface area contributed by atoms with E-state index in [1.54, 1.807) is 19.1 Å². The standard InChI is InChI=1S/C11H9ClN2O4S2/c1-6-13-9(11(15)16)10(19-6)14(20(17)18)8-5-3-2-4-7(8)12/h2-5,20H,1H3,(H,15,16). The molecule has 2 aromatic rings. The van der Waals surface area contributed by atoms with Gasteiger partial charge >= 0.3 is 5.97 Å². The third-order valence-corrected chi connectivity index (χ3v) is 4.51. The van der Waals surface area contributed by atoms with Crippen LogP contribution in [0.2, 0.25) is 5.02 Å². The van der Waals surface area contributed by atoms with Gasteiger partial charge in [-0.1, -0.05) is 35.1 Å². The molecule has 0 bridgehead atoms. The van der Waals surface area contributed by atoms with Crippen molar-refractivity contribution in [3.63, 3.8) is 0 Å². The monoisotopic (exact) mass is 332 g/mol. The van der Waals surface area contributed by atoms with Gasteiger partial charge in [-0.2, -0.15) is 0 Å². The Labute approximate surface area is 125 Å². The maximum atomic E-state index is 11.5. The average molecular weight is 333 g/mol. The zero-order valence-electron chi connectivity index (χ0n) is 10.1. The summed E-state index contributed by atoms with van der Waals surface area (Å²) in [5, 5.41) is 9.78. The van der Waals surface area contributed by atoms with Crippen LogP contribution in [0.1, 0.15) is 15.5 Å². The van der Waals surface area contributed by atoms with Crippen LogP contribution in [0.4, 0.5) is 10.7 Å². The van der Waals surface area contributed by atoms with E-state index < -0.39 is 16.9 Å². The average Bonchev–Trinajstić information content (AvgIpc) is 2.74. The molecule has 0 amide bonds. The number of aromatic nitrogens is 1. The van der Waals surface area contributed by atoms with Crippen LogP contribution in [0.3, 0.4) is 0 Å². The van der Waals surface area contributed by atoms with Crippen LogP contribution in [0.15, 0.2) is 24.3 Å². The molecule has 0 spiro atoms. The fourth-order valence-corrected chi connectivity index (χ4v) is 3.62. The fraction of sp³-hybridized carbons (Fsp3) is 0.0909. The molecular weight excluding hydrogens is 324 g/mol. The van der Waals surface area contributed by atoms with Crippen molar-refractivity contribution in [3.05, 3.63) is 40.0 Å². The quantitative estimate of drug-likeness (QED) is 0.840. The number of thiazole rings is 1. The molecular formula is C11H9ClN2O4S2. The van der Waals surface area contributed by atoms with Crippen molar-refractivity contribution in [1.82, 2.24) is 4.98 Å². The van der Waals surface area contributed by atoms with Crippen molar-refractivity contribution in [1.29, 1.82) is 0 Å². The van der Waals surface area contributed by atoms with E-state index in [0.29, 0.717) is 5.01 Å². The molecule has 0 aliphatic heterocycles. The summed E-state index contributed by atoms with van der Waals surface area (Å²) in [4.78, 5) is 15.0. The number of hydrogen-bond donors (Lipinski definition) is 2. The predicted molar refractivity (Wildman–Crippen MR) is 77.7 cm³/mol. The SMILES string of the molecule is Cc1nc(C(=O)O)c(N(c2ccccc2Cl)[SH](=O)=O)s1. The number of carboxylic acids is 1. The summed E-state index contributed by atoms with van der Waals surface area (Å²) in [7, 11) is -3.10. The summed E-state index contributed by atoms with van der Waals surface area (Å²) < 4.78 is 23.9. The first-order valence-corrected chi connectivity index (χ1v) is 7.64. The van der Waals surface area contributed by atoms with Gasteiger partial charge in [0.05, 0.1) is 15.7 Å². The molecule has 1 aromatic heterocycles. The first kappa shape index (κ1) is 14.8. The topological polar surface area (TPSA) is 87.6 Å². The Morgan fingerprint density at radius 3 is 2.60 bits per heavy atom. The molecule has 1 heterocycles. The molecule has 20 heavy (non-hydrogen) atoms. The maximum Gasteiger partial charge on any atom is 0.357 e. The minimum atomic E-state index is -3.10. The number of aromatic carboxylic acids is 1. The lowest BCUT2D eigenvalue weighted by molar-refractivity contribution is 0.0692. The molecule has 9 heteroatoms. The number of para-hydroxylation sites is 1. The van der Waals surface area contributed by atoms with Gasteiger partial charge in [-0.15, -0.1) is 0 Å². The number of halogens is 1. The fourth-order valence-electron chi connectivity index (χ4n) is 1.59. The Kier molecular flexibility index (Phi) is 4.26. The van der Waals surface area contributed by atoms with Crippen LogP contribution in [0, 0.1) is 6.92 Å². The van der Waals surface area contributed by atoms with Crippen molar-refractivity contribution in [2.75, 3.05) is 4.31 Å². The Morgan fingerprint density at radius 1 is 1.40 bits per heavy atom. The molecule has 6 nitrogen and oxygen atoms in total. The van der Waals surface area contributed by atoms with Crippen LogP contribution in [-0.2, 0) is 10.9 Å². The van der Waals surface area contributed by atoms with E-state index in [9.17, 15) is 13.2 Å². The predicted octanol–water partition coefficient (Wildman–Crippen LogP) is 2.47. The number of carboxylic acid groups (broad SMARTS) is 1. The van der Waals surface area contributed by atoms with Gasteiger partial charge in [0, 0.05) is 0 Å². The van der Waals surface area contributed by atoms with Crippen LogP contribution < -0.4 is 4.31 Å². The second kappa shape index (κ2) is 5.78. The van der Waals surface area contributed by atoms with E-state index in [4.69, 9.17) is 16.7 Å². The Balaban J connectivity index is 2.67. The third kappa shape index (κ3) is 2.77. The second-order valence-electron chi connectivity index (χ2n) is 3.69. The normalized spacial score (nSPS) is 10.8. The summed E-state index contributed by atoms with van der Waals surface area (Å²) in [5.41, 5.74) is -0.122. The maximum absolute atomic E-state index is 11.5. The van der Waals surface area contributed by atoms with Gasteiger partial charge in [0.2, 0.25) is 10.9 Å². The second-order valence-corrected chi connectivity index (χ2v) is 6.16. The zero-order chi connectivity index (χ0) is 14.9. The van der Waals surface area contributed by atoms with E-state index in [-0.39, 0.29) is 21.4 Å². The van der Waals surface area contributed by atoms with Gasteiger partial charge in [-0.05, 0) is 19.1 Å². The molecule has 0 aliphatic carbocycles. The lowest BCUT2D eigenvalue weighted by atomic mass is 10.3. The molecule has 0 saturated heterocycles. The lowest BCUT2D eigenvalue weighted by Gasteiger charge is -2.17. The molecule has 1 aromatic carbocycles. The number of thiol groups is 1. The van der Waals surface area contributed by atoms with E-state index in [0.717, 1.165) is 15.6 Å². The van der Waals surface area contributed by atoms with E-state index in [1.807, 2.05) is 0 Å². The van der Waals surface area contributed by atoms with Crippen LogP contribution in [-0.4, -0.2) is 24.5 Å². The third-order valence-electron chi connectivity index (χ3n) is 2.36. The number of hydrogen-bond acceptors (Lipinski definition) is 5. The first-order chi connectivity index (χ1) is 9.41. The molecule has 0 aliphatic rings. The van der Waals surface area contributed by atoms with Gasteiger partial charge in [0.15, 0.2) is 5.69 Å². The summed E-state index contributed by atoms with van der Waals surface area (Å²) >= 11 is 6.95. The van der Waals surface area contributed by atoms with E-state index >= 15 is 0 Å². The smallest absolute Gasteiger partial charge is 0.357 e. The summed E-state index contributed by atoms with van der Waals surface area (Å²) in [6, 6.07) is 6.28. The van der Waals surface area contributed by atoms with Crippen LogP contribution in [0.25, 0.3) is 0 Å². The van der Waals surface area contributed by atoms with Gasteiger partial charge in [-0.3, -0.25) is 0 Å². The van der Waals surface area contributed by atoms with Crippen molar-refractivity contribution in [2.24, 2.45) is 0 Å². The van der Waals surface area contributed by atoms with Gasteiger partial charge in [0.25, 0.3) is 0 Å². The highest BCUT2D eigenvalue weighted by atomic mass is 35.5. The highest BCUT2D eigenvalue weighted by Crippen LogP contribution is 2.37. The molecule has 0 unspecified atom stereocenters. The van der Waals surface area contributed by atoms with Gasteiger partial charge < -0.3 is 5.11 Å². The Hall–Kier alpha value is -1.64. The number of benzene rings is 1. The molecule has 0 saturated carbocycles. The van der Waals surface area contributed by atoms with E-state index in [1.165, 1.54) is 12.1 Å². The number of rotatable bonds is 4. The highest BCUT2D eigenvalue weighted by molar-refractivity contribution is 7.74. The minimum Gasteiger partial charge on any atom is -0.476 e. The number of aryl methyl sites for hydroxylation is 1. The largest absolute Gasteiger partial charge is 0.476 e. The van der Waals surface area contributed by atoms with Crippen molar-refractivity contribution in [3.8, 4) is 0 Å². The van der Waals surface area contributed by atoms with Gasteiger partial charge in [-0.25, -0.2) is 22.5 Å². The Bertz CT molecular complexity index is 734. The first-order valence-electron chi connectivity index (χ1n) is 5.31. The minimum absolute atomic E-state index is 0.0132. The Morgan fingerprint density at radius 2 is 2.05 bits per heavy atom. The number of nitrogens with zero attached hydrogens (tertiary/aromatic N) is 2. The summed E-state index contributed by atoms with van der Waals surface area (Å²) in [5.74, 6) is -1.29. The molecule has 2 rings (SSSR count). The molecule has 0 radical (unpaired) electrons. The number of carbonyl (C=O) groups is 1. The van der Waals surface area contributed by atoms with Gasteiger partial charge in [0.1, 0.15) is 5.00 Å². The highest BCUT2D eigenvalue weighted by Gasteiger charge is 2.25. The summed E-state index contributed by atoms with van der Waals surface area (Å²) in [6.45, 7) is 1.60. The summed E-state index contributed by atoms with van der Waals surface area (Å²) in [6.07, 6.45) is 0. The molecule has 0 atom stereocenters. The van der Waals surface area contributed by atoms with Crippen molar-refractivity contribution < 1.29 is 18.3 Å². The van der Waals surface area contributed by atoms with Crippen LogP contribution >= 0.6 is 22.9 Å². The lowest BCUT2D eigenvalue weighted by Crippen LogP contribution is -2.16. The van der Waals surface area contributed by atoms with Crippen molar-refractivity contribution in [2.45, 2.75) is 6.92 Å². The molecule has 0 fully saturated rings. The zero-order valence-corrected chi connectivity index (χ0v) is 12.6. The van der Waals surface area contributed by atoms with Crippen molar-refractivity contribution >= 4 is 50.5 Å². The number of anilines is 2. The van der Waals surface area contributed by atoms with Crippen LogP contribution in [0.5, 0.6) is 0 Å². The molecule has 106 valence electrons. The molecule has 1 N–H and O–H groups in total.